The van der Waals surface area contributed by atoms with Gasteiger partial charge in [0.2, 0.25) is 0 Å². The number of anilines is 3. The van der Waals surface area contributed by atoms with Gasteiger partial charge in [-0.15, -0.1) is 0 Å². The summed E-state index contributed by atoms with van der Waals surface area (Å²) in [6, 6.07) is 76.9. The van der Waals surface area contributed by atoms with Gasteiger partial charge in [0.1, 0.15) is 0 Å². The smallest absolute Gasteiger partial charge is 0.0991 e. The summed E-state index contributed by atoms with van der Waals surface area (Å²) in [5.74, 6) is 0. The molecule has 0 radical (unpaired) electrons. The number of fused-ring (bicyclic) bond motifs is 9. The highest BCUT2D eigenvalue weighted by Gasteiger charge is 2.36. The second-order valence-corrected chi connectivity index (χ2v) is 16.4. The van der Waals surface area contributed by atoms with Crippen molar-refractivity contribution in [1.82, 2.24) is 0 Å². The molecule has 0 heterocycles. The largest absolute Gasteiger partial charge is 0.310 e. The van der Waals surface area contributed by atoms with Crippen molar-refractivity contribution in [3.05, 3.63) is 223 Å². The standard InChI is InChI=1S/C58H40N2/c1-58(2)53-25-15-14-23-46(53)47-32-30-44(35-54(47)58)60(42-28-26-38(37-59)27-29-42)43-31-33-49-52(34-43)45-22-12-13-24-48(45)56-51(40-18-8-4-9-19-40)36-50(39-16-6-3-7-17-39)55(57(49)56)41-20-10-5-11-21-41/h3-36H,1-2H3. The van der Waals surface area contributed by atoms with Crippen LogP contribution < -0.4 is 4.90 Å². The highest BCUT2D eigenvalue weighted by Crippen LogP contribution is 2.52. The van der Waals surface area contributed by atoms with Gasteiger partial charge in [0, 0.05) is 22.5 Å². The molecule has 0 fully saturated rings. The lowest BCUT2D eigenvalue weighted by molar-refractivity contribution is 0.660. The zero-order valence-corrected chi connectivity index (χ0v) is 33.5. The molecule has 0 atom stereocenters. The van der Waals surface area contributed by atoms with Crippen molar-refractivity contribution in [2.45, 2.75) is 19.3 Å². The SMILES string of the molecule is CC1(C)c2ccccc2-c2ccc(N(c3ccc(C#N)cc3)c3ccc4c(c3)c3ccccc3c3c(-c5ccccc5)cc(-c5ccccc5)c(-c5ccccc5)c43)cc21. The van der Waals surface area contributed by atoms with Crippen LogP contribution in [-0.4, -0.2) is 0 Å². The lowest BCUT2D eigenvalue weighted by Gasteiger charge is -2.29. The van der Waals surface area contributed by atoms with E-state index in [0.717, 1.165) is 17.1 Å². The third kappa shape index (κ3) is 5.55. The van der Waals surface area contributed by atoms with Crippen LogP contribution in [0.5, 0.6) is 0 Å². The quantitative estimate of drug-likeness (QED) is 0.158. The summed E-state index contributed by atoms with van der Waals surface area (Å²) in [4.78, 5) is 2.35. The van der Waals surface area contributed by atoms with Crippen LogP contribution in [0.25, 0.3) is 76.8 Å². The molecule has 10 aromatic carbocycles. The van der Waals surface area contributed by atoms with Gasteiger partial charge in [0.25, 0.3) is 0 Å². The Morgan fingerprint density at radius 2 is 0.917 bits per heavy atom. The van der Waals surface area contributed by atoms with Crippen molar-refractivity contribution in [2.75, 3.05) is 4.90 Å². The Hall–Kier alpha value is -7.73. The second-order valence-electron chi connectivity index (χ2n) is 16.4. The van der Waals surface area contributed by atoms with Crippen LogP contribution >= 0.6 is 0 Å². The zero-order chi connectivity index (χ0) is 40.4. The molecule has 0 aliphatic heterocycles. The van der Waals surface area contributed by atoms with Crippen molar-refractivity contribution >= 4 is 49.4 Å². The Morgan fingerprint density at radius 3 is 1.62 bits per heavy atom. The third-order valence-electron chi connectivity index (χ3n) is 12.7. The number of benzene rings is 10. The molecule has 0 N–H and O–H groups in total. The van der Waals surface area contributed by atoms with E-state index in [1.165, 1.54) is 88.0 Å². The lowest BCUT2D eigenvalue weighted by atomic mass is 9.81. The van der Waals surface area contributed by atoms with Gasteiger partial charge >= 0.3 is 0 Å². The van der Waals surface area contributed by atoms with E-state index >= 15 is 0 Å². The second kappa shape index (κ2) is 14.0. The summed E-state index contributed by atoms with van der Waals surface area (Å²) in [6.07, 6.45) is 0. The molecule has 60 heavy (non-hydrogen) atoms. The predicted molar refractivity (Wildman–Crippen MR) is 252 cm³/mol. The van der Waals surface area contributed by atoms with E-state index in [-0.39, 0.29) is 5.41 Å². The molecule has 0 saturated heterocycles. The van der Waals surface area contributed by atoms with E-state index < -0.39 is 0 Å². The van der Waals surface area contributed by atoms with E-state index in [4.69, 9.17) is 0 Å². The molecular weight excluding hydrogens is 725 g/mol. The number of rotatable bonds is 6. The number of hydrogen-bond donors (Lipinski definition) is 0. The number of hydrogen-bond acceptors (Lipinski definition) is 2. The summed E-state index contributed by atoms with van der Waals surface area (Å²) >= 11 is 0. The van der Waals surface area contributed by atoms with E-state index in [0.29, 0.717) is 5.56 Å². The Bertz CT molecular complexity index is 3320. The zero-order valence-electron chi connectivity index (χ0n) is 33.5. The summed E-state index contributed by atoms with van der Waals surface area (Å²) in [5, 5.41) is 17.1. The first-order valence-electron chi connectivity index (χ1n) is 20.7. The van der Waals surface area contributed by atoms with Crippen molar-refractivity contribution < 1.29 is 0 Å². The molecule has 0 bridgehead atoms. The Labute approximate surface area is 350 Å². The van der Waals surface area contributed by atoms with E-state index in [9.17, 15) is 5.26 Å². The maximum atomic E-state index is 9.78. The summed E-state index contributed by atoms with van der Waals surface area (Å²) in [5.41, 5.74) is 16.1. The Balaban J connectivity index is 1.24. The van der Waals surface area contributed by atoms with Gasteiger partial charge in [-0.25, -0.2) is 0 Å². The van der Waals surface area contributed by atoms with Crippen molar-refractivity contribution in [1.29, 1.82) is 5.26 Å². The van der Waals surface area contributed by atoms with Gasteiger partial charge in [0.15, 0.2) is 0 Å². The van der Waals surface area contributed by atoms with Gasteiger partial charge in [-0.05, 0) is 143 Å². The first kappa shape index (κ1) is 35.4. The topological polar surface area (TPSA) is 27.0 Å². The third-order valence-corrected chi connectivity index (χ3v) is 12.7. The minimum atomic E-state index is -0.155. The number of nitrogens with zero attached hydrogens (tertiary/aromatic N) is 2. The average molecular weight is 765 g/mol. The lowest BCUT2D eigenvalue weighted by Crippen LogP contribution is -2.16. The van der Waals surface area contributed by atoms with Gasteiger partial charge in [-0.2, -0.15) is 5.26 Å². The molecule has 2 heteroatoms. The molecule has 0 saturated carbocycles. The Kier molecular flexibility index (Phi) is 8.26. The maximum Gasteiger partial charge on any atom is 0.0991 e. The fourth-order valence-corrected chi connectivity index (χ4v) is 9.84. The molecule has 1 aliphatic rings. The van der Waals surface area contributed by atoms with Crippen LogP contribution in [0, 0.1) is 11.3 Å². The van der Waals surface area contributed by atoms with E-state index in [2.05, 4.69) is 219 Å². The van der Waals surface area contributed by atoms with Crippen LogP contribution in [0.4, 0.5) is 17.1 Å². The number of nitriles is 1. The molecule has 11 rings (SSSR count). The molecule has 10 aromatic rings. The van der Waals surface area contributed by atoms with E-state index in [1.54, 1.807) is 0 Å². The van der Waals surface area contributed by atoms with Gasteiger partial charge in [-0.1, -0.05) is 166 Å². The average Bonchev–Trinajstić information content (AvgIpc) is 3.54. The van der Waals surface area contributed by atoms with Crippen LogP contribution in [0.1, 0.15) is 30.5 Å². The Morgan fingerprint density at radius 1 is 0.383 bits per heavy atom. The van der Waals surface area contributed by atoms with Crippen LogP contribution in [0.2, 0.25) is 0 Å². The fourth-order valence-electron chi connectivity index (χ4n) is 9.84. The van der Waals surface area contributed by atoms with Gasteiger partial charge < -0.3 is 4.90 Å². The first-order chi connectivity index (χ1) is 29.5. The molecule has 2 nitrogen and oxygen atoms in total. The molecule has 0 unspecified atom stereocenters. The van der Waals surface area contributed by atoms with Crippen molar-refractivity contribution in [3.8, 4) is 50.6 Å². The predicted octanol–water partition coefficient (Wildman–Crippen LogP) is 15.8. The highest BCUT2D eigenvalue weighted by molar-refractivity contribution is 6.33. The minimum Gasteiger partial charge on any atom is -0.310 e. The molecule has 0 spiro atoms. The fraction of sp³-hybridized carbons (Fsp3) is 0.0517. The maximum absolute atomic E-state index is 9.78. The van der Waals surface area contributed by atoms with Crippen LogP contribution in [0.3, 0.4) is 0 Å². The molecular formula is C58H40N2. The highest BCUT2D eigenvalue weighted by atomic mass is 15.1. The monoisotopic (exact) mass is 764 g/mol. The summed E-state index contributed by atoms with van der Waals surface area (Å²) in [7, 11) is 0. The summed E-state index contributed by atoms with van der Waals surface area (Å²) in [6.45, 7) is 4.66. The molecule has 0 aromatic heterocycles. The summed E-state index contributed by atoms with van der Waals surface area (Å²) < 4.78 is 0. The van der Waals surface area contributed by atoms with Gasteiger partial charge in [-0.3, -0.25) is 0 Å². The van der Waals surface area contributed by atoms with Crippen LogP contribution in [0.15, 0.2) is 206 Å². The van der Waals surface area contributed by atoms with Crippen LogP contribution in [-0.2, 0) is 5.41 Å². The van der Waals surface area contributed by atoms with Crippen molar-refractivity contribution in [2.24, 2.45) is 0 Å². The minimum absolute atomic E-state index is 0.155. The van der Waals surface area contributed by atoms with Crippen molar-refractivity contribution in [3.63, 3.8) is 0 Å². The molecule has 1 aliphatic carbocycles. The molecule has 0 amide bonds. The van der Waals surface area contributed by atoms with E-state index in [1.807, 2.05) is 12.1 Å². The molecule has 282 valence electrons. The van der Waals surface area contributed by atoms with Gasteiger partial charge in [0.05, 0.1) is 11.6 Å². The normalized spacial score (nSPS) is 12.6. The first-order valence-corrected chi connectivity index (χ1v) is 20.7.